The van der Waals surface area contributed by atoms with Gasteiger partial charge in [-0.2, -0.15) is 0 Å². The fraction of sp³-hybridized carbons (Fsp3) is 0.250. The summed E-state index contributed by atoms with van der Waals surface area (Å²) in [7, 11) is 0. The van der Waals surface area contributed by atoms with Crippen molar-refractivity contribution in [2.75, 3.05) is 0 Å². The van der Waals surface area contributed by atoms with Crippen molar-refractivity contribution in [2.24, 2.45) is 0 Å². The van der Waals surface area contributed by atoms with Crippen LogP contribution in [0.4, 0.5) is 4.39 Å². The van der Waals surface area contributed by atoms with Crippen LogP contribution >= 0.6 is 0 Å². The predicted molar refractivity (Wildman–Crippen MR) is 93.4 cm³/mol. The van der Waals surface area contributed by atoms with Gasteiger partial charge in [0.15, 0.2) is 0 Å². The van der Waals surface area contributed by atoms with E-state index in [0.29, 0.717) is 23.7 Å². The Bertz CT molecular complexity index is 889. The number of carbonyl (C=O) groups is 1. The van der Waals surface area contributed by atoms with Gasteiger partial charge in [-0.05, 0) is 49.2 Å². The van der Waals surface area contributed by atoms with Gasteiger partial charge in [0.25, 0.3) is 0 Å². The third kappa shape index (κ3) is 3.79. The Kier molecular flexibility index (Phi) is 4.48. The van der Waals surface area contributed by atoms with E-state index in [-0.39, 0.29) is 24.2 Å². The molecule has 1 saturated carbocycles. The Morgan fingerprint density at radius 1 is 1.15 bits per heavy atom. The molecule has 0 aliphatic heterocycles. The van der Waals surface area contributed by atoms with Gasteiger partial charge in [-0.3, -0.25) is 9.78 Å². The molecule has 5 nitrogen and oxygen atoms in total. The van der Waals surface area contributed by atoms with Crippen LogP contribution in [0.3, 0.4) is 0 Å². The summed E-state index contributed by atoms with van der Waals surface area (Å²) < 4.78 is 18.5. The number of benzene rings is 1. The van der Waals surface area contributed by atoms with Crippen LogP contribution < -0.4 is 0 Å². The standard InChI is InChI=1S/C20H18FN3O2/c21-15-6-4-14(5-7-15)20-23-17(13-26-20)11-19(25)24(18-8-9-18)12-16-3-1-2-10-22-16/h1-7,10,13,18H,8-9,11-12H2. The number of pyridine rings is 1. The Morgan fingerprint density at radius 3 is 2.65 bits per heavy atom. The molecule has 1 aliphatic rings. The molecular weight excluding hydrogens is 333 g/mol. The van der Waals surface area contributed by atoms with Crippen LogP contribution in [0, 0.1) is 5.82 Å². The number of halogens is 1. The Morgan fingerprint density at radius 2 is 1.96 bits per heavy atom. The summed E-state index contributed by atoms with van der Waals surface area (Å²) in [6, 6.07) is 11.9. The fourth-order valence-corrected chi connectivity index (χ4v) is 2.84. The van der Waals surface area contributed by atoms with Gasteiger partial charge in [0.1, 0.15) is 12.1 Å². The topological polar surface area (TPSA) is 59.2 Å². The highest BCUT2D eigenvalue weighted by Gasteiger charge is 2.33. The average molecular weight is 351 g/mol. The molecule has 0 unspecified atom stereocenters. The summed E-state index contributed by atoms with van der Waals surface area (Å²) in [6.07, 6.45) is 5.45. The molecule has 1 amide bonds. The maximum atomic E-state index is 13.0. The van der Waals surface area contributed by atoms with E-state index in [1.54, 1.807) is 18.3 Å². The predicted octanol–water partition coefficient (Wildman–Crippen LogP) is 3.61. The lowest BCUT2D eigenvalue weighted by Gasteiger charge is -2.21. The highest BCUT2D eigenvalue weighted by Crippen LogP contribution is 2.29. The Labute approximate surface area is 150 Å². The number of oxazole rings is 1. The number of aromatic nitrogens is 2. The highest BCUT2D eigenvalue weighted by atomic mass is 19.1. The second kappa shape index (κ2) is 7.07. The highest BCUT2D eigenvalue weighted by molar-refractivity contribution is 5.79. The van der Waals surface area contributed by atoms with E-state index in [1.165, 1.54) is 18.4 Å². The zero-order valence-corrected chi connectivity index (χ0v) is 14.1. The number of nitrogens with zero attached hydrogens (tertiary/aromatic N) is 3. The first-order valence-corrected chi connectivity index (χ1v) is 8.59. The molecule has 0 bridgehead atoms. The minimum Gasteiger partial charge on any atom is -0.444 e. The van der Waals surface area contributed by atoms with Gasteiger partial charge >= 0.3 is 0 Å². The van der Waals surface area contributed by atoms with E-state index in [9.17, 15) is 9.18 Å². The van der Waals surface area contributed by atoms with Crippen LogP contribution in [0.2, 0.25) is 0 Å². The van der Waals surface area contributed by atoms with Crippen molar-refractivity contribution in [2.45, 2.75) is 31.8 Å². The minimum absolute atomic E-state index is 0.0112. The maximum absolute atomic E-state index is 13.0. The van der Waals surface area contributed by atoms with Crippen molar-refractivity contribution in [1.29, 1.82) is 0 Å². The third-order valence-electron chi connectivity index (χ3n) is 4.34. The third-order valence-corrected chi connectivity index (χ3v) is 4.34. The number of carbonyl (C=O) groups excluding carboxylic acids is 1. The van der Waals surface area contributed by atoms with Crippen LogP contribution in [-0.4, -0.2) is 26.8 Å². The van der Waals surface area contributed by atoms with Crippen molar-refractivity contribution >= 4 is 5.91 Å². The summed E-state index contributed by atoms with van der Waals surface area (Å²) >= 11 is 0. The van der Waals surface area contributed by atoms with Crippen LogP contribution in [0.25, 0.3) is 11.5 Å². The first kappa shape index (κ1) is 16.4. The molecule has 1 aromatic carbocycles. The molecule has 1 aliphatic carbocycles. The molecule has 0 saturated heterocycles. The smallest absolute Gasteiger partial charge is 0.229 e. The molecule has 26 heavy (non-hydrogen) atoms. The molecule has 1 fully saturated rings. The molecular formula is C20H18FN3O2. The molecule has 0 N–H and O–H groups in total. The molecule has 2 heterocycles. The van der Waals surface area contributed by atoms with Crippen molar-refractivity contribution < 1.29 is 13.6 Å². The lowest BCUT2D eigenvalue weighted by atomic mass is 10.2. The quantitative estimate of drug-likeness (QED) is 0.681. The second-order valence-electron chi connectivity index (χ2n) is 6.40. The van der Waals surface area contributed by atoms with Gasteiger partial charge < -0.3 is 9.32 Å². The summed E-state index contributed by atoms with van der Waals surface area (Å²) in [6.45, 7) is 0.507. The SMILES string of the molecule is O=C(Cc1coc(-c2ccc(F)cc2)n1)N(Cc1ccccn1)C1CC1. The first-order chi connectivity index (χ1) is 12.7. The van der Waals surface area contributed by atoms with Gasteiger partial charge in [0.05, 0.1) is 24.4 Å². The molecule has 0 spiro atoms. The number of hydrogen-bond donors (Lipinski definition) is 0. The van der Waals surface area contributed by atoms with Crippen LogP contribution in [0.15, 0.2) is 59.3 Å². The first-order valence-electron chi connectivity index (χ1n) is 8.59. The van der Waals surface area contributed by atoms with E-state index >= 15 is 0 Å². The summed E-state index contributed by atoms with van der Waals surface area (Å²) in [4.78, 5) is 23.3. The van der Waals surface area contributed by atoms with Gasteiger partial charge in [0, 0.05) is 17.8 Å². The van der Waals surface area contributed by atoms with E-state index < -0.39 is 0 Å². The minimum atomic E-state index is -0.315. The summed E-state index contributed by atoms with van der Waals surface area (Å²) in [5.74, 6) is 0.0814. The van der Waals surface area contributed by atoms with Gasteiger partial charge in [-0.1, -0.05) is 6.07 Å². The number of rotatable bonds is 6. The molecule has 2 aromatic heterocycles. The van der Waals surface area contributed by atoms with Crippen LogP contribution in [0.5, 0.6) is 0 Å². The lowest BCUT2D eigenvalue weighted by Crippen LogP contribution is -2.34. The zero-order valence-electron chi connectivity index (χ0n) is 14.1. The summed E-state index contributed by atoms with van der Waals surface area (Å²) in [5.41, 5.74) is 2.12. The van der Waals surface area contributed by atoms with Gasteiger partial charge in [-0.15, -0.1) is 0 Å². The Balaban J connectivity index is 1.45. The molecule has 0 atom stereocenters. The molecule has 6 heteroatoms. The maximum Gasteiger partial charge on any atom is 0.229 e. The molecule has 0 radical (unpaired) electrons. The molecule has 3 aromatic rings. The van der Waals surface area contributed by atoms with E-state index in [1.807, 2.05) is 23.1 Å². The molecule has 132 valence electrons. The van der Waals surface area contributed by atoms with Gasteiger partial charge in [0.2, 0.25) is 11.8 Å². The molecule has 4 rings (SSSR count). The van der Waals surface area contributed by atoms with Crippen molar-refractivity contribution in [3.63, 3.8) is 0 Å². The van der Waals surface area contributed by atoms with Crippen molar-refractivity contribution in [1.82, 2.24) is 14.9 Å². The average Bonchev–Trinajstić information content (AvgIpc) is 3.40. The van der Waals surface area contributed by atoms with Crippen LogP contribution in [-0.2, 0) is 17.8 Å². The number of amides is 1. The normalized spacial score (nSPS) is 13.6. The lowest BCUT2D eigenvalue weighted by molar-refractivity contribution is -0.131. The fourth-order valence-electron chi connectivity index (χ4n) is 2.84. The monoisotopic (exact) mass is 351 g/mol. The summed E-state index contributed by atoms with van der Waals surface area (Å²) in [5, 5.41) is 0. The van der Waals surface area contributed by atoms with E-state index in [4.69, 9.17) is 4.42 Å². The second-order valence-corrected chi connectivity index (χ2v) is 6.40. The largest absolute Gasteiger partial charge is 0.444 e. The van der Waals surface area contributed by atoms with E-state index in [2.05, 4.69) is 9.97 Å². The van der Waals surface area contributed by atoms with Crippen LogP contribution in [0.1, 0.15) is 24.2 Å². The van der Waals surface area contributed by atoms with Gasteiger partial charge in [-0.25, -0.2) is 9.37 Å². The zero-order chi connectivity index (χ0) is 17.9. The Hall–Kier alpha value is -3.02. The van der Waals surface area contributed by atoms with Crippen molar-refractivity contribution in [3.05, 3.63) is 72.1 Å². The van der Waals surface area contributed by atoms with Crippen molar-refractivity contribution in [3.8, 4) is 11.5 Å². The van der Waals surface area contributed by atoms with E-state index in [0.717, 1.165) is 18.5 Å². The number of hydrogen-bond acceptors (Lipinski definition) is 4.